The van der Waals surface area contributed by atoms with Crippen molar-refractivity contribution in [3.8, 4) is 0 Å². The van der Waals surface area contributed by atoms with Gasteiger partial charge in [-0.3, -0.25) is 9.89 Å². The SMILES string of the molecule is CN=C(NCCN1CCOC(C)(C)C1)N(C)Cc1ccon1.I. The lowest BCUT2D eigenvalue weighted by Gasteiger charge is -2.38. The fraction of sp³-hybridized carbons (Fsp3) is 0.733. The molecule has 0 radical (unpaired) electrons. The van der Waals surface area contributed by atoms with Crippen molar-refractivity contribution in [2.24, 2.45) is 4.99 Å². The van der Waals surface area contributed by atoms with Gasteiger partial charge in [-0.15, -0.1) is 24.0 Å². The molecule has 0 amide bonds. The van der Waals surface area contributed by atoms with Gasteiger partial charge in [0.1, 0.15) is 12.0 Å². The summed E-state index contributed by atoms with van der Waals surface area (Å²) in [6.07, 6.45) is 1.58. The Labute approximate surface area is 155 Å². The minimum absolute atomic E-state index is 0. The van der Waals surface area contributed by atoms with E-state index in [9.17, 15) is 0 Å². The average molecular weight is 437 g/mol. The zero-order valence-corrected chi connectivity index (χ0v) is 16.7. The summed E-state index contributed by atoms with van der Waals surface area (Å²) in [6.45, 7) is 9.51. The molecular formula is C15H28IN5O2. The molecule has 0 spiro atoms. The topological polar surface area (TPSA) is 66.1 Å². The number of nitrogens with one attached hydrogen (secondary N) is 1. The van der Waals surface area contributed by atoms with Crippen molar-refractivity contribution in [2.45, 2.75) is 26.0 Å². The van der Waals surface area contributed by atoms with Gasteiger partial charge in [-0.1, -0.05) is 5.16 Å². The summed E-state index contributed by atoms with van der Waals surface area (Å²) >= 11 is 0. The van der Waals surface area contributed by atoms with Crippen LogP contribution in [0.15, 0.2) is 21.8 Å². The molecule has 1 aliphatic rings. The Balaban J connectivity index is 0.00000264. The second kappa shape index (κ2) is 9.43. The predicted octanol–water partition coefficient (Wildman–Crippen LogP) is 1.41. The lowest BCUT2D eigenvalue weighted by atomic mass is 10.1. The van der Waals surface area contributed by atoms with E-state index < -0.39 is 0 Å². The lowest BCUT2D eigenvalue weighted by Crippen LogP contribution is -2.50. The quantitative estimate of drug-likeness (QED) is 0.427. The van der Waals surface area contributed by atoms with E-state index in [0.29, 0.717) is 6.54 Å². The monoisotopic (exact) mass is 437 g/mol. The highest BCUT2D eigenvalue weighted by Crippen LogP contribution is 2.15. The molecule has 0 atom stereocenters. The van der Waals surface area contributed by atoms with E-state index >= 15 is 0 Å². The van der Waals surface area contributed by atoms with Gasteiger partial charge in [0.25, 0.3) is 0 Å². The zero-order chi connectivity index (χ0) is 16.0. The number of aliphatic imine (C=N–C) groups is 1. The Morgan fingerprint density at radius 2 is 2.30 bits per heavy atom. The summed E-state index contributed by atoms with van der Waals surface area (Å²) in [7, 11) is 3.78. The number of nitrogens with zero attached hydrogens (tertiary/aromatic N) is 4. The maximum atomic E-state index is 5.73. The van der Waals surface area contributed by atoms with Crippen LogP contribution < -0.4 is 5.32 Å². The normalized spacial score (nSPS) is 18.3. The summed E-state index contributed by atoms with van der Waals surface area (Å²) in [5.74, 6) is 0.857. The van der Waals surface area contributed by atoms with Crippen molar-refractivity contribution >= 4 is 29.9 Å². The summed E-state index contributed by atoms with van der Waals surface area (Å²) < 4.78 is 10.6. The molecule has 0 unspecified atom stereocenters. The van der Waals surface area contributed by atoms with Crippen molar-refractivity contribution in [1.29, 1.82) is 0 Å². The second-order valence-electron chi connectivity index (χ2n) is 6.21. The summed E-state index contributed by atoms with van der Waals surface area (Å²) in [4.78, 5) is 8.76. The molecule has 1 saturated heterocycles. The number of morpholine rings is 1. The van der Waals surface area contributed by atoms with E-state index in [4.69, 9.17) is 9.26 Å². The largest absolute Gasteiger partial charge is 0.373 e. The Morgan fingerprint density at radius 1 is 1.52 bits per heavy atom. The van der Waals surface area contributed by atoms with E-state index in [0.717, 1.165) is 44.4 Å². The van der Waals surface area contributed by atoms with Gasteiger partial charge in [-0.2, -0.15) is 0 Å². The van der Waals surface area contributed by atoms with Crippen LogP contribution in [0.3, 0.4) is 0 Å². The second-order valence-corrected chi connectivity index (χ2v) is 6.21. The van der Waals surface area contributed by atoms with E-state index in [-0.39, 0.29) is 29.6 Å². The highest BCUT2D eigenvalue weighted by atomic mass is 127. The third kappa shape index (κ3) is 6.64. The van der Waals surface area contributed by atoms with Crippen LogP contribution in [0.25, 0.3) is 0 Å². The molecule has 0 bridgehead atoms. The van der Waals surface area contributed by atoms with E-state index in [1.165, 1.54) is 0 Å². The third-order valence-corrected chi connectivity index (χ3v) is 3.68. The van der Waals surface area contributed by atoms with Crippen molar-refractivity contribution in [2.75, 3.05) is 46.9 Å². The lowest BCUT2D eigenvalue weighted by molar-refractivity contribution is -0.0852. The first-order chi connectivity index (χ1) is 10.5. The number of hydrogen-bond donors (Lipinski definition) is 1. The number of halogens is 1. The minimum Gasteiger partial charge on any atom is -0.373 e. The molecule has 0 aromatic carbocycles. The van der Waals surface area contributed by atoms with Gasteiger partial charge in [-0.05, 0) is 13.8 Å². The van der Waals surface area contributed by atoms with E-state index in [1.54, 1.807) is 13.3 Å². The van der Waals surface area contributed by atoms with Gasteiger partial charge in [0.2, 0.25) is 0 Å². The molecule has 23 heavy (non-hydrogen) atoms. The summed E-state index contributed by atoms with van der Waals surface area (Å²) in [6, 6.07) is 1.86. The van der Waals surface area contributed by atoms with E-state index in [2.05, 4.69) is 34.2 Å². The molecule has 132 valence electrons. The van der Waals surface area contributed by atoms with Crippen molar-refractivity contribution in [1.82, 2.24) is 20.3 Å². The number of aromatic nitrogens is 1. The Morgan fingerprint density at radius 3 is 2.91 bits per heavy atom. The number of rotatable bonds is 5. The maximum absolute atomic E-state index is 5.73. The number of ether oxygens (including phenoxy) is 1. The van der Waals surface area contributed by atoms with Crippen LogP contribution in [0.5, 0.6) is 0 Å². The van der Waals surface area contributed by atoms with Crippen molar-refractivity contribution in [3.05, 3.63) is 18.0 Å². The molecule has 8 heteroatoms. The first-order valence-electron chi connectivity index (χ1n) is 7.67. The maximum Gasteiger partial charge on any atom is 0.193 e. The predicted molar refractivity (Wildman–Crippen MR) is 101 cm³/mol. The highest BCUT2D eigenvalue weighted by molar-refractivity contribution is 14.0. The van der Waals surface area contributed by atoms with Gasteiger partial charge in [0, 0.05) is 46.3 Å². The molecule has 1 aromatic rings. The fourth-order valence-corrected chi connectivity index (χ4v) is 2.65. The Kier molecular flexibility index (Phi) is 8.27. The molecule has 1 N–H and O–H groups in total. The summed E-state index contributed by atoms with van der Waals surface area (Å²) in [5, 5.41) is 7.31. The van der Waals surface area contributed by atoms with Crippen molar-refractivity contribution in [3.63, 3.8) is 0 Å². The highest BCUT2D eigenvalue weighted by Gasteiger charge is 2.26. The Bertz CT molecular complexity index is 478. The number of hydrogen-bond acceptors (Lipinski definition) is 5. The number of guanidine groups is 1. The molecule has 1 aliphatic heterocycles. The van der Waals surface area contributed by atoms with Gasteiger partial charge in [-0.25, -0.2) is 0 Å². The molecule has 1 aromatic heterocycles. The smallest absolute Gasteiger partial charge is 0.193 e. The first-order valence-corrected chi connectivity index (χ1v) is 7.67. The van der Waals surface area contributed by atoms with Gasteiger partial charge in [0.15, 0.2) is 5.96 Å². The summed E-state index contributed by atoms with van der Waals surface area (Å²) in [5.41, 5.74) is 0.837. The first kappa shape index (κ1) is 20.2. The van der Waals surface area contributed by atoms with E-state index in [1.807, 2.05) is 18.0 Å². The Hall–Kier alpha value is -0.870. The van der Waals surface area contributed by atoms with Gasteiger partial charge >= 0.3 is 0 Å². The van der Waals surface area contributed by atoms with Crippen LogP contribution in [0.2, 0.25) is 0 Å². The molecule has 1 fully saturated rings. The molecule has 2 heterocycles. The van der Waals surface area contributed by atoms with Gasteiger partial charge < -0.3 is 19.5 Å². The molecule has 2 rings (SSSR count). The fourth-order valence-electron chi connectivity index (χ4n) is 2.65. The molecular weight excluding hydrogens is 409 g/mol. The van der Waals surface area contributed by atoms with Crippen LogP contribution in [-0.2, 0) is 11.3 Å². The standard InChI is InChI=1S/C15H27N5O2.HI/c1-15(2)12-20(8-10-21-15)7-6-17-14(16-3)19(4)11-13-5-9-22-18-13;/h5,9H,6-8,10-12H2,1-4H3,(H,16,17);1H. The van der Waals surface area contributed by atoms with Gasteiger partial charge in [0.05, 0.1) is 18.8 Å². The average Bonchev–Trinajstić information content (AvgIpc) is 2.95. The molecule has 0 saturated carbocycles. The van der Waals surface area contributed by atoms with Crippen LogP contribution in [0.1, 0.15) is 19.5 Å². The van der Waals surface area contributed by atoms with Crippen LogP contribution >= 0.6 is 24.0 Å². The van der Waals surface area contributed by atoms with Crippen LogP contribution in [0, 0.1) is 0 Å². The van der Waals surface area contributed by atoms with Crippen LogP contribution in [0.4, 0.5) is 0 Å². The zero-order valence-electron chi connectivity index (χ0n) is 14.4. The molecule has 7 nitrogen and oxygen atoms in total. The third-order valence-electron chi connectivity index (χ3n) is 3.68. The minimum atomic E-state index is -0.0519. The van der Waals surface area contributed by atoms with Crippen molar-refractivity contribution < 1.29 is 9.26 Å². The van der Waals surface area contributed by atoms with Crippen LogP contribution in [-0.4, -0.2) is 73.4 Å². The molecule has 0 aliphatic carbocycles.